The number of thioether (sulfide) groups is 1. The third-order valence-electron chi connectivity index (χ3n) is 2.34. The molecule has 2 N–H and O–H groups in total. The van der Waals surface area contributed by atoms with Gasteiger partial charge in [0.25, 0.3) is 0 Å². The van der Waals surface area contributed by atoms with Crippen LogP contribution in [0, 0.1) is 5.92 Å². The van der Waals surface area contributed by atoms with Gasteiger partial charge in [-0.05, 0) is 24.0 Å². The highest BCUT2D eigenvalue weighted by molar-refractivity contribution is 7.99. The lowest BCUT2D eigenvalue weighted by Crippen LogP contribution is -2.36. The fourth-order valence-corrected chi connectivity index (χ4v) is 2.57. The minimum absolute atomic E-state index is 0.717. The number of nitrogens with one attached hydrogen (secondary N) is 2. The summed E-state index contributed by atoms with van der Waals surface area (Å²) >= 11 is 2.05. The van der Waals surface area contributed by atoms with Crippen molar-refractivity contribution in [2.45, 2.75) is 19.9 Å². The van der Waals surface area contributed by atoms with Gasteiger partial charge in [0, 0.05) is 19.1 Å². The van der Waals surface area contributed by atoms with E-state index in [1.54, 1.807) is 0 Å². The van der Waals surface area contributed by atoms with E-state index in [1.807, 2.05) is 0 Å². The average molecular weight is 188 g/mol. The maximum absolute atomic E-state index is 3.53. The lowest BCUT2D eigenvalue weighted by Gasteiger charge is -2.18. The first-order valence-corrected chi connectivity index (χ1v) is 6.05. The number of hydrogen-bond acceptors (Lipinski definition) is 3. The normalized spacial score (nSPS) is 29.5. The van der Waals surface area contributed by atoms with E-state index in [1.165, 1.54) is 18.1 Å². The van der Waals surface area contributed by atoms with E-state index >= 15 is 0 Å². The molecule has 1 fully saturated rings. The van der Waals surface area contributed by atoms with Crippen LogP contribution in [0.4, 0.5) is 0 Å². The van der Waals surface area contributed by atoms with Crippen molar-refractivity contribution in [3.05, 3.63) is 0 Å². The Balaban J connectivity index is 2.20. The van der Waals surface area contributed by atoms with Gasteiger partial charge in [0.05, 0.1) is 0 Å². The Labute approximate surface area is 79.9 Å². The fraction of sp³-hybridized carbons (Fsp3) is 1.00. The van der Waals surface area contributed by atoms with Crippen LogP contribution < -0.4 is 10.6 Å². The van der Waals surface area contributed by atoms with Crippen LogP contribution in [-0.2, 0) is 0 Å². The Kier molecular flexibility index (Phi) is 5.04. The van der Waals surface area contributed by atoms with Crippen molar-refractivity contribution in [1.82, 2.24) is 10.6 Å². The van der Waals surface area contributed by atoms with Crippen LogP contribution in [0.5, 0.6) is 0 Å². The second-order valence-electron chi connectivity index (χ2n) is 3.24. The van der Waals surface area contributed by atoms with Gasteiger partial charge in [0.15, 0.2) is 0 Å². The van der Waals surface area contributed by atoms with Crippen LogP contribution >= 0.6 is 11.8 Å². The molecule has 0 saturated carbocycles. The molecule has 2 unspecified atom stereocenters. The molecule has 1 aliphatic heterocycles. The van der Waals surface area contributed by atoms with Gasteiger partial charge in [0.2, 0.25) is 0 Å². The number of hydrogen-bond donors (Lipinski definition) is 2. The molecule has 0 bridgehead atoms. The van der Waals surface area contributed by atoms with Crippen molar-refractivity contribution in [3.8, 4) is 0 Å². The zero-order chi connectivity index (χ0) is 8.81. The summed E-state index contributed by atoms with van der Waals surface area (Å²) in [5.41, 5.74) is 0. The first-order chi connectivity index (χ1) is 5.88. The quantitative estimate of drug-likeness (QED) is 0.671. The van der Waals surface area contributed by atoms with E-state index in [2.05, 4.69) is 36.2 Å². The van der Waals surface area contributed by atoms with Crippen molar-refractivity contribution in [2.75, 3.05) is 31.1 Å². The summed E-state index contributed by atoms with van der Waals surface area (Å²) in [6.45, 7) is 7.87. The molecule has 0 aliphatic carbocycles. The third kappa shape index (κ3) is 2.96. The SMILES string of the molecule is CCNC1CNCC1CSCC. The molecule has 2 nitrogen and oxygen atoms in total. The molecule has 0 radical (unpaired) electrons. The van der Waals surface area contributed by atoms with E-state index in [9.17, 15) is 0 Å². The molecule has 1 saturated heterocycles. The second kappa shape index (κ2) is 5.84. The van der Waals surface area contributed by atoms with Gasteiger partial charge in [-0.2, -0.15) is 11.8 Å². The van der Waals surface area contributed by atoms with E-state index in [0.717, 1.165) is 19.0 Å². The predicted molar refractivity (Wildman–Crippen MR) is 56.8 cm³/mol. The first-order valence-electron chi connectivity index (χ1n) is 4.90. The Morgan fingerprint density at radius 2 is 2.25 bits per heavy atom. The average Bonchev–Trinajstić information content (AvgIpc) is 2.50. The summed E-state index contributed by atoms with van der Waals surface area (Å²) < 4.78 is 0. The molecule has 1 rings (SSSR count). The summed E-state index contributed by atoms with van der Waals surface area (Å²) in [5.74, 6) is 3.39. The smallest absolute Gasteiger partial charge is 0.0240 e. The molecule has 0 spiro atoms. The molecule has 2 atom stereocenters. The van der Waals surface area contributed by atoms with E-state index in [4.69, 9.17) is 0 Å². The van der Waals surface area contributed by atoms with Gasteiger partial charge in [-0.25, -0.2) is 0 Å². The summed E-state index contributed by atoms with van der Waals surface area (Å²) in [6.07, 6.45) is 0. The van der Waals surface area contributed by atoms with Gasteiger partial charge in [-0.1, -0.05) is 13.8 Å². The monoisotopic (exact) mass is 188 g/mol. The molecule has 1 aliphatic rings. The van der Waals surface area contributed by atoms with Crippen LogP contribution in [0.3, 0.4) is 0 Å². The number of rotatable bonds is 5. The van der Waals surface area contributed by atoms with Gasteiger partial charge in [-0.3, -0.25) is 0 Å². The highest BCUT2D eigenvalue weighted by Gasteiger charge is 2.25. The van der Waals surface area contributed by atoms with E-state index in [-0.39, 0.29) is 0 Å². The third-order valence-corrected chi connectivity index (χ3v) is 3.41. The summed E-state index contributed by atoms with van der Waals surface area (Å²) in [7, 11) is 0. The lowest BCUT2D eigenvalue weighted by molar-refractivity contribution is 0.471. The van der Waals surface area contributed by atoms with Crippen molar-refractivity contribution < 1.29 is 0 Å². The van der Waals surface area contributed by atoms with Crippen molar-refractivity contribution >= 4 is 11.8 Å². The van der Waals surface area contributed by atoms with Crippen molar-refractivity contribution in [1.29, 1.82) is 0 Å². The molecule has 3 heteroatoms. The maximum Gasteiger partial charge on any atom is 0.0240 e. The highest BCUT2D eigenvalue weighted by Crippen LogP contribution is 2.15. The molecule has 0 aromatic rings. The van der Waals surface area contributed by atoms with Gasteiger partial charge in [-0.15, -0.1) is 0 Å². The van der Waals surface area contributed by atoms with Gasteiger partial charge < -0.3 is 10.6 Å². The lowest BCUT2D eigenvalue weighted by atomic mass is 10.1. The Hall–Kier alpha value is 0.270. The van der Waals surface area contributed by atoms with Crippen LogP contribution in [0.2, 0.25) is 0 Å². The molecule has 1 heterocycles. The molecule has 0 aromatic carbocycles. The number of likely N-dealkylation sites (N-methyl/N-ethyl adjacent to an activating group) is 1. The molecule has 0 amide bonds. The predicted octanol–water partition coefficient (Wildman–Crippen LogP) is 0.937. The van der Waals surface area contributed by atoms with E-state index in [0.29, 0.717) is 6.04 Å². The van der Waals surface area contributed by atoms with Gasteiger partial charge in [0.1, 0.15) is 0 Å². The molecular formula is C9H20N2S. The molecule has 0 aromatic heterocycles. The van der Waals surface area contributed by atoms with Gasteiger partial charge >= 0.3 is 0 Å². The highest BCUT2D eigenvalue weighted by atomic mass is 32.2. The van der Waals surface area contributed by atoms with Crippen LogP contribution in [-0.4, -0.2) is 37.2 Å². The Morgan fingerprint density at radius 1 is 1.42 bits per heavy atom. The Morgan fingerprint density at radius 3 is 2.92 bits per heavy atom. The van der Waals surface area contributed by atoms with Crippen molar-refractivity contribution in [2.24, 2.45) is 5.92 Å². The summed E-state index contributed by atoms with van der Waals surface area (Å²) in [6, 6.07) is 0.717. The first kappa shape index (κ1) is 10.4. The minimum Gasteiger partial charge on any atom is -0.315 e. The standard InChI is InChI=1S/C9H20N2S/c1-3-11-9-6-10-5-8(9)7-12-4-2/h8-11H,3-7H2,1-2H3. The topological polar surface area (TPSA) is 24.1 Å². The second-order valence-corrected chi connectivity index (χ2v) is 4.56. The molecule has 12 heavy (non-hydrogen) atoms. The molecular weight excluding hydrogens is 168 g/mol. The maximum atomic E-state index is 3.53. The van der Waals surface area contributed by atoms with Crippen molar-refractivity contribution in [3.63, 3.8) is 0 Å². The molecule has 72 valence electrons. The van der Waals surface area contributed by atoms with Crippen LogP contribution in [0.1, 0.15) is 13.8 Å². The largest absolute Gasteiger partial charge is 0.315 e. The van der Waals surface area contributed by atoms with Crippen LogP contribution in [0.15, 0.2) is 0 Å². The minimum atomic E-state index is 0.717. The zero-order valence-corrected chi connectivity index (χ0v) is 8.91. The Bertz CT molecular complexity index is 119. The van der Waals surface area contributed by atoms with Crippen LogP contribution in [0.25, 0.3) is 0 Å². The summed E-state index contributed by atoms with van der Waals surface area (Å²) in [4.78, 5) is 0. The summed E-state index contributed by atoms with van der Waals surface area (Å²) in [5, 5.41) is 6.97. The van der Waals surface area contributed by atoms with E-state index < -0.39 is 0 Å². The zero-order valence-electron chi connectivity index (χ0n) is 8.10. The fourth-order valence-electron chi connectivity index (χ4n) is 1.68.